The maximum Gasteiger partial charge on any atom is 0.311 e. The minimum atomic E-state index is -0.412. The third kappa shape index (κ3) is 3.00. The van der Waals surface area contributed by atoms with E-state index < -0.39 is 5.92 Å². The molecular weight excluding hydrogens is 308 g/mol. The van der Waals surface area contributed by atoms with Gasteiger partial charge in [-0.15, -0.1) is 0 Å². The first-order valence-electron chi connectivity index (χ1n) is 8.40. The number of amides is 1. The standard InChI is InChI=1S/C18H22N2O4/c1-3-13-15-14(24-20-13)10-12(18(22)23-4-2)16(15)19-17(21)11-8-6-5-7-9-11/h5-9,12,14-16H,3-4,10H2,1-2H3,(H,19,21)/t12-,14-,15-,16-/m1/s1. The van der Waals surface area contributed by atoms with E-state index in [1.807, 2.05) is 25.1 Å². The van der Waals surface area contributed by atoms with Gasteiger partial charge in [-0.3, -0.25) is 9.59 Å². The number of ether oxygens (including phenoxy) is 1. The molecule has 0 radical (unpaired) electrons. The van der Waals surface area contributed by atoms with Crippen LogP contribution < -0.4 is 5.32 Å². The van der Waals surface area contributed by atoms with Crippen molar-refractivity contribution < 1.29 is 19.2 Å². The molecule has 0 bridgehead atoms. The minimum absolute atomic E-state index is 0.0722. The Balaban J connectivity index is 1.83. The van der Waals surface area contributed by atoms with Crippen molar-refractivity contribution >= 4 is 17.6 Å². The van der Waals surface area contributed by atoms with Gasteiger partial charge in [0.05, 0.1) is 30.2 Å². The Hall–Kier alpha value is -2.37. The maximum absolute atomic E-state index is 12.6. The molecule has 1 aromatic rings. The van der Waals surface area contributed by atoms with E-state index in [0.717, 1.165) is 12.1 Å². The van der Waals surface area contributed by atoms with E-state index in [2.05, 4.69) is 10.5 Å². The van der Waals surface area contributed by atoms with Crippen LogP contribution in [-0.2, 0) is 14.4 Å². The van der Waals surface area contributed by atoms with Crippen molar-refractivity contribution in [2.24, 2.45) is 17.0 Å². The second kappa shape index (κ2) is 7.03. The Bertz CT molecular complexity index is 644. The smallest absolute Gasteiger partial charge is 0.311 e. The van der Waals surface area contributed by atoms with Gasteiger partial charge in [0.1, 0.15) is 6.10 Å². The summed E-state index contributed by atoms with van der Waals surface area (Å²) in [6, 6.07) is 8.63. The molecule has 1 aliphatic heterocycles. The van der Waals surface area contributed by atoms with Gasteiger partial charge in [-0.25, -0.2) is 0 Å². The molecule has 1 amide bonds. The van der Waals surface area contributed by atoms with Gasteiger partial charge in [-0.2, -0.15) is 0 Å². The second-order valence-corrected chi connectivity index (χ2v) is 6.07. The van der Waals surface area contributed by atoms with Crippen molar-refractivity contribution in [3.05, 3.63) is 35.9 Å². The molecule has 128 valence electrons. The summed E-state index contributed by atoms with van der Waals surface area (Å²) in [5.41, 5.74) is 1.46. The fourth-order valence-electron chi connectivity index (χ4n) is 3.56. The lowest BCUT2D eigenvalue weighted by atomic mass is 9.91. The number of oxime groups is 1. The van der Waals surface area contributed by atoms with Crippen LogP contribution in [0.25, 0.3) is 0 Å². The van der Waals surface area contributed by atoms with Crippen LogP contribution in [0, 0.1) is 11.8 Å². The van der Waals surface area contributed by atoms with Gasteiger partial charge in [-0.1, -0.05) is 30.3 Å². The zero-order valence-corrected chi connectivity index (χ0v) is 13.9. The second-order valence-electron chi connectivity index (χ2n) is 6.07. The van der Waals surface area contributed by atoms with E-state index in [1.165, 1.54) is 0 Å². The molecule has 0 aromatic heterocycles. The van der Waals surface area contributed by atoms with Crippen molar-refractivity contribution in [1.82, 2.24) is 5.32 Å². The molecule has 1 saturated carbocycles. The molecule has 6 nitrogen and oxygen atoms in total. The van der Waals surface area contributed by atoms with Gasteiger partial charge < -0.3 is 14.9 Å². The highest BCUT2D eigenvalue weighted by atomic mass is 16.6. The Morgan fingerprint density at radius 3 is 2.71 bits per heavy atom. The highest BCUT2D eigenvalue weighted by molar-refractivity contribution is 5.96. The summed E-state index contributed by atoms with van der Waals surface area (Å²) in [5, 5.41) is 7.14. The Labute approximate surface area is 141 Å². The van der Waals surface area contributed by atoms with Gasteiger partial charge in [0.2, 0.25) is 0 Å². The summed E-state index contributed by atoms with van der Waals surface area (Å²) in [4.78, 5) is 30.4. The lowest BCUT2D eigenvalue weighted by Crippen LogP contribution is -2.46. The number of nitrogens with zero attached hydrogens (tertiary/aromatic N) is 1. The van der Waals surface area contributed by atoms with Crippen LogP contribution in [0.15, 0.2) is 35.5 Å². The SMILES string of the molecule is CCOC(=O)[C@@H]1C[C@H]2ON=C(CC)[C@H]2[C@@H]1NC(=O)c1ccccc1. The Kier molecular flexibility index (Phi) is 4.83. The quantitative estimate of drug-likeness (QED) is 0.839. The average Bonchev–Trinajstić information content (AvgIpc) is 3.16. The van der Waals surface area contributed by atoms with Crippen LogP contribution in [0.2, 0.25) is 0 Å². The van der Waals surface area contributed by atoms with Gasteiger partial charge >= 0.3 is 5.97 Å². The van der Waals surface area contributed by atoms with E-state index in [9.17, 15) is 9.59 Å². The number of benzene rings is 1. The largest absolute Gasteiger partial charge is 0.466 e. The molecule has 0 saturated heterocycles. The summed E-state index contributed by atoms with van der Waals surface area (Å²) in [6.45, 7) is 4.10. The van der Waals surface area contributed by atoms with E-state index in [-0.39, 0.29) is 29.9 Å². The predicted octanol–water partition coefficient (Wildman–Crippen LogP) is 2.15. The number of hydrogen-bond acceptors (Lipinski definition) is 5. The number of fused-ring (bicyclic) bond motifs is 1. The molecule has 0 spiro atoms. The molecule has 0 unspecified atom stereocenters. The van der Waals surface area contributed by atoms with Crippen LogP contribution in [0.3, 0.4) is 0 Å². The maximum atomic E-state index is 12.6. The van der Waals surface area contributed by atoms with E-state index in [4.69, 9.17) is 9.57 Å². The van der Waals surface area contributed by atoms with Gasteiger partial charge in [-0.05, 0) is 25.5 Å². The molecule has 1 heterocycles. The number of carbonyl (C=O) groups is 2. The van der Waals surface area contributed by atoms with E-state index >= 15 is 0 Å². The predicted molar refractivity (Wildman–Crippen MR) is 88.5 cm³/mol. The van der Waals surface area contributed by atoms with Crippen LogP contribution in [0.4, 0.5) is 0 Å². The van der Waals surface area contributed by atoms with Crippen molar-refractivity contribution in [1.29, 1.82) is 0 Å². The lowest BCUT2D eigenvalue weighted by molar-refractivity contribution is -0.148. The zero-order valence-electron chi connectivity index (χ0n) is 13.9. The molecule has 1 N–H and O–H groups in total. The third-order valence-electron chi connectivity index (χ3n) is 4.68. The molecule has 3 rings (SSSR count). The van der Waals surface area contributed by atoms with E-state index in [0.29, 0.717) is 18.6 Å². The average molecular weight is 330 g/mol. The van der Waals surface area contributed by atoms with E-state index in [1.54, 1.807) is 19.1 Å². The molecule has 1 aromatic carbocycles. The minimum Gasteiger partial charge on any atom is -0.466 e. The molecule has 1 aliphatic carbocycles. The number of esters is 1. The van der Waals surface area contributed by atoms with Crippen molar-refractivity contribution in [2.45, 2.75) is 38.8 Å². The topological polar surface area (TPSA) is 77.0 Å². The number of hydrogen-bond donors (Lipinski definition) is 1. The normalized spacial score (nSPS) is 27.8. The lowest BCUT2D eigenvalue weighted by Gasteiger charge is -2.24. The Morgan fingerprint density at radius 1 is 1.29 bits per heavy atom. The van der Waals surface area contributed by atoms with Crippen LogP contribution in [0.1, 0.15) is 37.0 Å². The highest BCUT2D eigenvalue weighted by Gasteiger charge is 2.53. The number of carbonyl (C=O) groups excluding carboxylic acids is 2. The third-order valence-corrected chi connectivity index (χ3v) is 4.68. The molecule has 4 atom stereocenters. The van der Waals surface area contributed by atoms with Gasteiger partial charge in [0.15, 0.2) is 0 Å². The summed E-state index contributed by atoms with van der Waals surface area (Å²) in [7, 11) is 0. The van der Waals surface area contributed by atoms with Gasteiger partial charge in [0, 0.05) is 12.0 Å². The van der Waals surface area contributed by atoms with Crippen molar-refractivity contribution in [2.75, 3.05) is 6.61 Å². The van der Waals surface area contributed by atoms with Crippen LogP contribution in [0.5, 0.6) is 0 Å². The zero-order chi connectivity index (χ0) is 17.1. The monoisotopic (exact) mass is 330 g/mol. The first-order chi connectivity index (χ1) is 11.7. The first-order valence-corrected chi connectivity index (χ1v) is 8.40. The highest BCUT2D eigenvalue weighted by Crippen LogP contribution is 2.40. The fraction of sp³-hybridized carbons (Fsp3) is 0.500. The summed E-state index contributed by atoms with van der Waals surface area (Å²) in [5.74, 6) is -0.969. The number of rotatable bonds is 5. The Morgan fingerprint density at radius 2 is 2.04 bits per heavy atom. The summed E-state index contributed by atoms with van der Waals surface area (Å²) < 4.78 is 5.19. The van der Waals surface area contributed by atoms with Crippen LogP contribution in [-0.4, -0.2) is 36.3 Å². The number of nitrogens with one attached hydrogen (secondary N) is 1. The summed E-state index contributed by atoms with van der Waals surface area (Å²) >= 11 is 0. The van der Waals surface area contributed by atoms with Crippen LogP contribution >= 0.6 is 0 Å². The van der Waals surface area contributed by atoms with Gasteiger partial charge in [0.25, 0.3) is 5.91 Å². The molecule has 2 aliphatic rings. The fourth-order valence-corrected chi connectivity index (χ4v) is 3.56. The summed E-state index contributed by atoms with van der Waals surface area (Å²) in [6.07, 6.45) is 1.07. The van der Waals surface area contributed by atoms with Crippen molar-refractivity contribution in [3.8, 4) is 0 Å². The molecule has 1 fully saturated rings. The molecule has 24 heavy (non-hydrogen) atoms. The molecule has 6 heteroatoms. The van der Waals surface area contributed by atoms with Crippen molar-refractivity contribution in [3.63, 3.8) is 0 Å². The first kappa shape index (κ1) is 16.5. The molecular formula is C18H22N2O4.